The van der Waals surface area contributed by atoms with E-state index < -0.39 is 6.10 Å². The molecule has 0 fully saturated rings. The van der Waals surface area contributed by atoms with Gasteiger partial charge in [-0.25, -0.2) is 0 Å². The summed E-state index contributed by atoms with van der Waals surface area (Å²) in [6.45, 7) is 15.5. The fourth-order valence-corrected chi connectivity index (χ4v) is 1.73. The van der Waals surface area contributed by atoms with Crippen molar-refractivity contribution in [2.75, 3.05) is 66.0 Å². The number of aliphatic hydroxyl groups is 1. The zero-order valence-corrected chi connectivity index (χ0v) is 16.7. The maximum Gasteiger partial charge on any atom is 0.101 e. The summed E-state index contributed by atoms with van der Waals surface area (Å²) < 4.78 is 26.9. The third kappa shape index (κ3) is 21.7. The highest BCUT2D eigenvalue weighted by Crippen LogP contribution is 1.96. The second-order valence-corrected chi connectivity index (χ2v) is 7.12. The standard InChI is InChI=1S/C18H39NO6/c1-16(2)25-15-17(20)14-24-13-12-23-11-10-22-9-8-21-7-6-19-18(3,4)5/h16-17,19-20H,6-15H2,1-5H3. The minimum absolute atomic E-state index is 0.114. The van der Waals surface area contributed by atoms with Gasteiger partial charge in [-0.2, -0.15) is 0 Å². The highest BCUT2D eigenvalue weighted by molar-refractivity contribution is 4.69. The van der Waals surface area contributed by atoms with Crippen molar-refractivity contribution in [2.24, 2.45) is 0 Å². The van der Waals surface area contributed by atoms with Gasteiger partial charge in [0.05, 0.1) is 65.6 Å². The minimum Gasteiger partial charge on any atom is -0.388 e. The van der Waals surface area contributed by atoms with Crippen LogP contribution in [0.5, 0.6) is 0 Å². The monoisotopic (exact) mass is 365 g/mol. The van der Waals surface area contributed by atoms with Crippen LogP contribution >= 0.6 is 0 Å². The van der Waals surface area contributed by atoms with Gasteiger partial charge in [-0.1, -0.05) is 0 Å². The topological polar surface area (TPSA) is 78.4 Å². The van der Waals surface area contributed by atoms with Crippen LogP contribution in [0.15, 0.2) is 0 Å². The van der Waals surface area contributed by atoms with Gasteiger partial charge in [-0.3, -0.25) is 0 Å². The maximum atomic E-state index is 9.59. The molecule has 0 saturated carbocycles. The first-order chi connectivity index (χ1) is 11.8. The molecule has 0 aromatic heterocycles. The summed E-state index contributed by atoms with van der Waals surface area (Å²) in [7, 11) is 0. The Morgan fingerprint density at radius 2 is 1.24 bits per heavy atom. The molecule has 7 nitrogen and oxygen atoms in total. The largest absolute Gasteiger partial charge is 0.388 e. The van der Waals surface area contributed by atoms with E-state index >= 15 is 0 Å². The van der Waals surface area contributed by atoms with Crippen molar-refractivity contribution in [2.45, 2.75) is 52.4 Å². The van der Waals surface area contributed by atoms with Crippen molar-refractivity contribution < 1.29 is 28.8 Å². The van der Waals surface area contributed by atoms with E-state index in [-0.39, 0.29) is 18.2 Å². The fraction of sp³-hybridized carbons (Fsp3) is 1.00. The fourth-order valence-electron chi connectivity index (χ4n) is 1.73. The predicted octanol–water partition coefficient (Wildman–Crippen LogP) is 1.23. The van der Waals surface area contributed by atoms with E-state index in [9.17, 15) is 5.11 Å². The van der Waals surface area contributed by atoms with E-state index in [2.05, 4.69) is 26.1 Å². The molecule has 0 aromatic rings. The molecular formula is C18H39NO6. The highest BCUT2D eigenvalue weighted by atomic mass is 16.6. The molecule has 0 aromatic carbocycles. The van der Waals surface area contributed by atoms with Gasteiger partial charge in [0.2, 0.25) is 0 Å². The smallest absolute Gasteiger partial charge is 0.101 e. The van der Waals surface area contributed by atoms with Crippen LogP contribution in [0, 0.1) is 0 Å². The van der Waals surface area contributed by atoms with Gasteiger partial charge in [0, 0.05) is 12.1 Å². The molecule has 1 unspecified atom stereocenters. The zero-order chi connectivity index (χ0) is 19.0. The first-order valence-electron chi connectivity index (χ1n) is 9.17. The lowest BCUT2D eigenvalue weighted by atomic mass is 10.1. The Kier molecular flexibility index (Phi) is 15.8. The van der Waals surface area contributed by atoms with Crippen molar-refractivity contribution >= 4 is 0 Å². The van der Waals surface area contributed by atoms with Gasteiger partial charge in [0.25, 0.3) is 0 Å². The third-order valence-electron chi connectivity index (χ3n) is 2.95. The molecule has 0 amide bonds. The lowest BCUT2D eigenvalue weighted by molar-refractivity contribution is -0.0486. The molecule has 0 rings (SSSR count). The Bertz CT molecular complexity index is 283. The van der Waals surface area contributed by atoms with Crippen LogP contribution in [-0.2, 0) is 23.7 Å². The molecular weight excluding hydrogens is 326 g/mol. The summed E-state index contributed by atoms with van der Waals surface area (Å²) in [5.74, 6) is 0. The molecule has 0 aliphatic heterocycles. The first-order valence-corrected chi connectivity index (χ1v) is 9.17. The molecule has 0 saturated heterocycles. The van der Waals surface area contributed by atoms with Gasteiger partial charge < -0.3 is 34.1 Å². The van der Waals surface area contributed by atoms with Crippen molar-refractivity contribution in [3.63, 3.8) is 0 Å². The van der Waals surface area contributed by atoms with Gasteiger partial charge in [0.1, 0.15) is 6.10 Å². The van der Waals surface area contributed by atoms with E-state index in [0.717, 1.165) is 6.54 Å². The van der Waals surface area contributed by atoms with Gasteiger partial charge in [-0.05, 0) is 34.6 Å². The van der Waals surface area contributed by atoms with Gasteiger partial charge in [-0.15, -0.1) is 0 Å². The van der Waals surface area contributed by atoms with Crippen molar-refractivity contribution in [3.8, 4) is 0 Å². The lowest BCUT2D eigenvalue weighted by Crippen LogP contribution is -2.38. The molecule has 0 spiro atoms. The summed E-state index contributed by atoms with van der Waals surface area (Å²) in [6.07, 6.45) is -0.479. The Labute approximate surface area is 153 Å². The summed E-state index contributed by atoms with van der Waals surface area (Å²) >= 11 is 0. The predicted molar refractivity (Wildman–Crippen MR) is 98.1 cm³/mol. The summed E-state index contributed by atoms with van der Waals surface area (Å²) in [6, 6.07) is 0. The van der Waals surface area contributed by atoms with Crippen molar-refractivity contribution in [1.29, 1.82) is 0 Å². The number of hydrogen-bond donors (Lipinski definition) is 2. The normalized spacial score (nSPS) is 13.6. The molecule has 1 atom stereocenters. The second kappa shape index (κ2) is 15.9. The number of nitrogens with one attached hydrogen (secondary N) is 1. The number of hydrogen-bond acceptors (Lipinski definition) is 7. The first kappa shape index (κ1) is 24.7. The quantitative estimate of drug-likeness (QED) is 0.375. The molecule has 7 heteroatoms. The number of rotatable bonds is 17. The number of ether oxygens (including phenoxy) is 5. The summed E-state index contributed by atoms with van der Waals surface area (Å²) in [5, 5.41) is 12.9. The number of aliphatic hydroxyl groups excluding tert-OH is 1. The summed E-state index contributed by atoms with van der Waals surface area (Å²) in [4.78, 5) is 0. The van der Waals surface area contributed by atoms with Crippen LogP contribution in [0.3, 0.4) is 0 Å². The van der Waals surface area contributed by atoms with Crippen LogP contribution in [-0.4, -0.2) is 88.9 Å². The van der Waals surface area contributed by atoms with E-state index in [1.807, 2.05) is 13.8 Å². The zero-order valence-electron chi connectivity index (χ0n) is 16.7. The molecule has 0 heterocycles. The Morgan fingerprint density at radius 3 is 1.72 bits per heavy atom. The van der Waals surface area contributed by atoms with Crippen LogP contribution < -0.4 is 5.32 Å². The highest BCUT2D eigenvalue weighted by Gasteiger charge is 2.07. The molecule has 152 valence electrons. The maximum absolute atomic E-state index is 9.59. The van der Waals surface area contributed by atoms with Gasteiger partial charge >= 0.3 is 0 Å². The van der Waals surface area contributed by atoms with Gasteiger partial charge in [0.15, 0.2) is 0 Å². The third-order valence-corrected chi connectivity index (χ3v) is 2.95. The minimum atomic E-state index is -0.593. The molecule has 25 heavy (non-hydrogen) atoms. The van der Waals surface area contributed by atoms with E-state index in [4.69, 9.17) is 23.7 Å². The molecule has 0 aliphatic rings. The molecule has 0 radical (unpaired) electrons. The second-order valence-electron chi connectivity index (χ2n) is 7.12. The average Bonchev–Trinajstić information content (AvgIpc) is 2.52. The van der Waals surface area contributed by atoms with E-state index in [1.54, 1.807) is 0 Å². The van der Waals surface area contributed by atoms with Crippen LogP contribution in [0.4, 0.5) is 0 Å². The van der Waals surface area contributed by atoms with Crippen LogP contribution in [0.25, 0.3) is 0 Å². The van der Waals surface area contributed by atoms with Crippen molar-refractivity contribution in [1.82, 2.24) is 5.32 Å². The van der Waals surface area contributed by atoms with Crippen LogP contribution in [0.1, 0.15) is 34.6 Å². The van der Waals surface area contributed by atoms with Crippen molar-refractivity contribution in [3.05, 3.63) is 0 Å². The Morgan fingerprint density at radius 1 is 0.760 bits per heavy atom. The van der Waals surface area contributed by atoms with Crippen LogP contribution in [0.2, 0.25) is 0 Å². The molecule has 0 bridgehead atoms. The average molecular weight is 366 g/mol. The Balaban J connectivity index is 3.14. The van der Waals surface area contributed by atoms with E-state index in [1.165, 1.54) is 0 Å². The molecule has 0 aliphatic carbocycles. The summed E-state index contributed by atoms with van der Waals surface area (Å²) in [5.41, 5.74) is 0.126. The lowest BCUT2D eigenvalue weighted by Gasteiger charge is -2.20. The van der Waals surface area contributed by atoms with E-state index in [0.29, 0.717) is 52.9 Å². The Hall–Kier alpha value is -0.280. The SMILES string of the molecule is CC(C)OCC(O)COCCOCCOCCOCCNC(C)(C)C. The molecule has 2 N–H and O–H groups in total.